The quantitative estimate of drug-likeness (QED) is 0.821. The van der Waals surface area contributed by atoms with Crippen LogP contribution >= 0.6 is 0 Å². The molecule has 0 unspecified atom stereocenters. The Kier molecular flexibility index (Phi) is 4.87. The molecule has 2 aromatic carbocycles. The molecule has 2 aromatic rings. The smallest absolute Gasteiger partial charge is 0.181 e. The number of allylic oxidation sites excluding steroid dienone is 5. The van der Waals surface area contributed by atoms with Crippen LogP contribution in [-0.4, -0.2) is 23.9 Å². The van der Waals surface area contributed by atoms with E-state index < -0.39 is 10.1 Å². The topological polar surface area (TPSA) is 94.5 Å². The lowest BCUT2D eigenvalue weighted by molar-refractivity contribution is -0.111. The Balaban J connectivity index is 2.40. The third-order valence-corrected chi connectivity index (χ3v) is 5.27. The number of benzene rings is 2. The molecule has 0 amide bonds. The molecule has 1 aliphatic rings. The first-order valence-corrected chi connectivity index (χ1v) is 9.59. The fourth-order valence-electron chi connectivity index (χ4n) is 2.98. The van der Waals surface area contributed by atoms with Crippen LogP contribution in [0.5, 0.6) is 5.75 Å². The molecule has 0 aromatic heterocycles. The van der Waals surface area contributed by atoms with Crippen LogP contribution < -0.4 is 0 Å². The van der Waals surface area contributed by atoms with Gasteiger partial charge < -0.3 is 9.66 Å². The molecular formula is C21H17O5S-. The molecule has 0 saturated carbocycles. The Bertz CT molecular complexity index is 1130. The van der Waals surface area contributed by atoms with E-state index in [1.54, 1.807) is 50.3 Å². The van der Waals surface area contributed by atoms with Gasteiger partial charge in [-0.05, 0) is 72.0 Å². The third kappa shape index (κ3) is 3.77. The maximum absolute atomic E-state index is 11.8. The zero-order valence-electron chi connectivity index (χ0n) is 14.8. The molecule has 138 valence electrons. The molecular weight excluding hydrogens is 364 g/mol. The van der Waals surface area contributed by atoms with Crippen molar-refractivity contribution in [3.05, 3.63) is 88.5 Å². The van der Waals surface area contributed by atoms with E-state index >= 15 is 0 Å². The molecule has 6 heteroatoms. The van der Waals surface area contributed by atoms with Crippen LogP contribution in [0.2, 0.25) is 0 Å². The van der Waals surface area contributed by atoms with Gasteiger partial charge in [0, 0.05) is 5.56 Å². The van der Waals surface area contributed by atoms with Crippen LogP contribution in [0.1, 0.15) is 23.6 Å². The van der Waals surface area contributed by atoms with Gasteiger partial charge in [0.1, 0.15) is 15.9 Å². The summed E-state index contributed by atoms with van der Waals surface area (Å²) in [6, 6.07) is 10.8. The number of phenols is 1. The van der Waals surface area contributed by atoms with Gasteiger partial charge in [0.15, 0.2) is 5.78 Å². The Hall–Kier alpha value is -2.96. The van der Waals surface area contributed by atoms with Crippen molar-refractivity contribution in [2.75, 3.05) is 0 Å². The standard InChI is InChI=1S/C21H18O5S/c1-13-11-15(7-9-18(13)22)21(16-8-10-19(23)14(2)12-16)17-5-3-4-6-20(17)27(24,25)26/h3-12,22H,1-2H3,(H,24,25,26)/p-1/b21-16-. The van der Waals surface area contributed by atoms with Crippen LogP contribution in [0.15, 0.2) is 76.7 Å². The van der Waals surface area contributed by atoms with E-state index in [9.17, 15) is 22.9 Å². The lowest BCUT2D eigenvalue weighted by atomic mass is 9.88. The van der Waals surface area contributed by atoms with Crippen molar-refractivity contribution < 1.29 is 22.9 Å². The van der Waals surface area contributed by atoms with Crippen LogP contribution in [0.3, 0.4) is 0 Å². The number of carbonyl (C=O) groups excluding carboxylic acids is 1. The lowest BCUT2D eigenvalue weighted by Crippen LogP contribution is -2.06. The second kappa shape index (κ2) is 6.98. The van der Waals surface area contributed by atoms with E-state index in [1.807, 2.05) is 0 Å². The minimum Gasteiger partial charge on any atom is -0.744 e. The van der Waals surface area contributed by atoms with Gasteiger partial charge in [0.2, 0.25) is 0 Å². The Morgan fingerprint density at radius 1 is 1.04 bits per heavy atom. The highest BCUT2D eigenvalue weighted by molar-refractivity contribution is 7.85. The van der Waals surface area contributed by atoms with E-state index in [2.05, 4.69) is 0 Å². The molecule has 1 aliphatic carbocycles. The van der Waals surface area contributed by atoms with E-state index in [0.29, 0.717) is 27.8 Å². The molecule has 3 rings (SSSR count). The number of aromatic hydroxyl groups is 1. The molecule has 0 radical (unpaired) electrons. The average molecular weight is 381 g/mol. The Labute approximate surface area is 157 Å². The van der Waals surface area contributed by atoms with E-state index in [1.165, 1.54) is 24.3 Å². The van der Waals surface area contributed by atoms with Gasteiger partial charge in [-0.1, -0.05) is 30.3 Å². The molecule has 5 nitrogen and oxygen atoms in total. The summed E-state index contributed by atoms with van der Waals surface area (Å²) in [6.45, 7) is 3.39. The van der Waals surface area contributed by atoms with Crippen molar-refractivity contribution in [1.29, 1.82) is 0 Å². The second-order valence-corrected chi connectivity index (χ2v) is 7.65. The third-order valence-electron chi connectivity index (χ3n) is 4.37. The predicted molar refractivity (Wildman–Crippen MR) is 101 cm³/mol. The maximum Gasteiger partial charge on any atom is 0.181 e. The summed E-state index contributed by atoms with van der Waals surface area (Å²) in [7, 11) is -4.71. The second-order valence-electron chi connectivity index (χ2n) is 6.31. The van der Waals surface area contributed by atoms with Gasteiger partial charge in [-0.2, -0.15) is 0 Å². The molecule has 1 N–H and O–H groups in total. The van der Waals surface area contributed by atoms with Gasteiger partial charge in [-0.3, -0.25) is 4.79 Å². The molecule has 0 bridgehead atoms. The largest absolute Gasteiger partial charge is 0.744 e. The van der Waals surface area contributed by atoms with E-state index in [4.69, 9.17) is 0 Å². The zero-order chi connectivity index (χ0) is 19.8. The first kappa shape index (κ1) is 18.8. The first-order chi connectivity index (χ1) is 12.7. The number of hydrogen-bond acceptors (Lipinski definition) is 5. The lowest BCUT2D eigenvalue weighted by Gasteiger charge is -2.19. The monoisotopic (exact) mass is 381 g/mol. The fraction of sp³-hybridized carbons (Fsp3) is 0.0952. The number of ketones is 1. The first-order valence-electron chi connectivity index (χ1n) is 8.19. The van der Waals surface area contributed by atoms with Gasteiger partial charge >= 0.3 is 0 Å². The highest BCUT2D eigenvalue weighted by Gasteiger charge is 2.19. The number of aryl methyl sites for hydroxylation is 1. The number of hydrogen-bond donors (Lipinski definition) is 1. The minimum atomic E-state index is -4.71. The van der Waals surface area contributed by atoms with Crippen LogP contribution in [0.4, 0.5) is 0 Å². The molecule has 0 saturated heterocycles. The van der Waals surface area contributed by atoms with Crippen molar-refractivity contribution in [2.24, 2.45) is 0 Å². The fourth-order valence-corrected chi connectivity index (χ4v) is 3.67. The Morgan fingerprint density at radius 3 is 2.37 bits per heavy atom. The summed E-state index contributed by atoms with van der Waals surface area (Å²) in [4.78, 5) is 11.5. The maximum atomic E-state index is 11.8. The highest BCUT2D eigenvalue weighted by atomic mass is 32.2. The number of phenolic OH excluding ortho intramolecular Hbond substituents is 1. The van der Waals surface area contributed by atoms with Gasteiger partial charge in [-0.25, -0.2) is 8.42 Å². The summed E-state index contributed by atoms with van der Waals surface area (Å²) < 4.78 is 35.4. The van der Waals surface area contributed by atoms with Crippen LogP contribution in [-0.2, 0) is 14.9 Å². The van der Waals surface area contributed by atoms with Gasteiger partial charge in [-0.15, -0.1) is 0 Å². The zero-order valence-corrected chi connectivity index (χ0v) is 15.6. The number of rotatable bonds is 3. The molecule has 0 aliphatic heterocycles. The van der Waals surface area contributed by atoms with Crippen molar-refractivity contribution in [1.82, 2.24) is 0 Å². The summed E-state index contributed by atoms with van der Waals surface area (Å²) >= 11 is 0. The molecule has 0 heterocycles. The summed E-state index contributed by atoms with van der Waals surface area (Å²) in [5, 5.41) is 9.83. The van der Waals surface area contributed by atoms with E-state index in [-0.39, 0.29) is 22.0 Å². The average Bonchev–Trinajstić information content (AvgIpc) is 2.61. The highest BCUT2D eigenvalue weighted by Crippen LogP contribution is 2.35. The minimum absolute atomic E-state index is 0.105. The van der Waals surface area contributed by atoms with Gasteiger partial charge in [0.05, 0.1) is 4.90 Å². The van der Waals surface area contributed by atoms with E-state index in [0.717, 1.165) is 0 Å². The van der Waals surface area contributed by atoms with Crippen LogP contribution in [0.25, 0.3) is 5.57 Å². The van der Waals surface area contributed by atoms with Crippen molar-refractivity contribution >= 4 is 21.5 Å². The summed E-state index contributed by atoms with van der Waals surface area (Å²) in [5.74, 6) is -0.0290. The Morgan fingerprint density at radius 2 is 1.74 bits per heavy atom. The molecule has 27 heavy (non-hydrogen) atoms. The van der Waals surface area contributed by atoms with Crippen molar-refractivity contribution in [3.8, 4) is 5.75 Å². The molecule has 0 spiro atoms. The molecule has 0 atom stereocenters. The number of carbonyl (C=O) groups is 1. The summed E-state index contributed by atoms with van der Waals surface area (Å²) in [5.41, 5.74) is 3.08. The molecule has 0 fully saturated rings. The SMILES string of the molecule is CC1=C/C(=C(/c2ccc(O)c(C)c2)c2ccccc2S(=O)(=O)[O-])C=CC1=O. The van der Waals surface area contributed by atoms with Gasteiger partial charge in [0.25, 0.3) is 0 Å². The predicted octanol–water partition coefficient (Wildman–Crippen LogP) is 3.49. The summed E-state index contributed by atoms with van der Waals surface area (Å²) in [6.07, 6.45) is 4.67. The van der Waals surface area contributed by atoms with Crippen molar-refractivity contribution in [2.45, 2.75) is 18.7 Å². The normalized spacial score (nSPS) is 16.3. The van der Waals surface area contributed by atoms with Crippen LogP contribution in [0, 0.1) is 6.92 Å². The van der Waals surface area contributed by atoms with Crippen molar-refractivity contribution in [3.63, 3.8) is 0 Å².